The Morgan fingerprint density at radius 2 is 1.90 bits per heavy atom. The number of rotatable bonds is 6. The van der Waals surface area contributed by atoms with E-state index >= 15 is 0 Å². The largest absolute Gasteiger partial charge is 0.454 e. The smallest absolute Gasteiger partial charge is 0.252 e. The Morgan fingerprint density at radius 3 is 2.57 bits per heavy atom. The molecule has 0 spiro atoms. The zero-order valence-electron chi connectivity index (χ0n) is 16.5. The van der Waals surface area contributed by atoms with Gasteiger partial charge in [-0.15, -0.1) is 0 Å². The molecule has 0 fully saturated rings. The van der Waals surface area contributed by atoms with Crippen molar-refractivity contribution in [2.75, 3.05) is 25.1 Å². The second-order valence-corrected chi connectivity index (χ2v) is 10.8. The molecular formula is C20H20N2O5S3. The summed E-state index contributed by atoms with van der Waals surface area (Å²) in [7, 11) is -3.26. The number of hydrogen-bond donors (Lipinski definition) is 0. The van der Waals surface area contributed by atoms with E-state index in [1.807, 2.05) is 23.0 Å². The normalized spacial score (nSPS) is 13.9. The van der Waals surface area contributed by atoms with E-state index in [2.05, 4.69) is 4.99 Å². The Hall–Kier alpha value is -2.30. The van der Waals surface area contributed by atoms with Crippen molar-refractivity contribution >= 4 is 49.1 Å². The molecular weight excluding hydrogens is 444 g/mol. The van der Waals surface area contributed by atoms with Crippen molar-refractivity contribution in [3.05, 3.63) is 46.8 Å². The minimum Gasteiger partial charge on any atom is -0.454 e. The maximum Gasteiger partial charge on any atom is 0.252 e. The van der Waals surface area contributed by atoms with Gasteiger partial charge in [-0.3, -0.25) is 4.79 Å². The number of sulfone groups is 1. The molecule has 0 aliphatic carbocycles. The molecule has 0 saturated heterocycles. The van der Waals surface area contributed by atoms with Gasteiger partial charge in [0.25, 0.3) is 5.91 Å². The molecule has 2 heterocycles. The van der Waals surface area contributed by atoms with Crippen LogP contribution in [0.2, 0.25) is 0 Å². The van der Waals surface area contributed by atoms with E-state index in [1.54, 1.807) is 23.9 Å². The zero-order chi connectivity index (χ0) is 21.3. The van der Waals surface area contributed by atoms with Crippen LogP contribution in [0.25, 0.3) is 10.2 Å². The van der Waals surface area contributed by atoms with Gasteiger partial charge >= 0.3 is 0 Å². The van der Waals surface area contributed by atoms with Crippen molar-refractivity contribution in [1.29, 1.82) is 0 Å². The number of amides is 1. The lowest BCUT2D eigenvalue weighted by Gasteiger charge is -2.05. The van der Waals surface area contributed by atoms with Gasteiger partial charge in [-0.05, 0) is 24.0 Å². The van der Waals surface area contributed by atoms with E-state index < -0.39 is 9.84 Å². The van der Waals surface area contributed by atoms with Gasteiger partial charge in [0, 0.05) is 30.7 Å². The lowest BCUT2D eigenvalue weighted by molar-refractivity contribution is -0.117. The van der Waals surface area contributed by atoms with Gasteiger partial charge in [-0.2, -0.15) is 16.8 Å². The number of thioether (sulfide) groups is 1. The molecule has 3 aromatic rings. The van der Waals surface area contributed by atoms with E-state index in [-0.39, 0.29) is 24.0 Å². The highest BCUT2D eigenvalue weighted by Gasteiger charge is 2.18. The first kappa shape index (κ1) is 21.0. The second kappa shape index (κ2) is 8.44. The fourth-order valence-corrected chi connectivity index (χ4v) is 5.20. The third-order valence-electron chi connectivity index (χ3n) is 4.62. The van der Waals surface area contributed by atoms with Crippen LogP contribution in [0.3, 0.4) is 0 Å². The summed E-state index contributed by atoms with van der Waals surface area (Å²) in [5.74, 6) is 1.99. The number of nitrogens with zero attached hydrogens (tertiary/aromatic N) is 2. The summed E-state index contributed by atoms with van der Waals surface area (Å²) in [4.78, 5) is 17.8. The van der Waals surface area contributed by atoms with E-state index in [4.69, 9.17) is 9.47 Å². The summed E-state index contributed by atoms with van der Waals surface area (Å²) in [6.45, 7) is 0.932. The molecule has 1 aliphatic heterocycles. The molecule has 0 radical (unpaired) electrons. The molecule has 4 rings (SSSR count). The van der Waals surface area contributed by atoms with Gasteiger partial charge in [-0.25, -0.2) is 8.42 Å². The van der Waals surface area contributed by atoms with Crippen molar-refractivity contribution < 1.29 is 22.7 Å². The summed E-state index contributed by atoms with van der Waals surface area (Å²) in [5, 5.41) is 0. The third kappa shape index (κ3) is 4.40. The molecule has 0 unspecified atom stereocenters. The minimum atomic E-state index is -3.26. The fraction of sp³-hybridized carbons (Fsp3) is 0.300. The second-order valence-electron chi connectivity index (χ2n) is 6.80. The Morgan fingerprint density at radius 1 is 1.20 bits per heavy atom. The van der Waals surface area contributed by atoms with Crippen molar-refractivity contribution in [2.45, 2.75) is 17.9 Å². The number of carbonyl (C=O) groups is 1. The first-order valence-electron chi connectivity index (χ1n) is 9.13. The van der Waals surface area contributed by atoms with Gasteiger partial charge in [0.1, 0.15) is 0 Å². The Kier molecular flexibility index (Phi) is 5.90. The lowest BCUT2D eigenvalue weighted by atomic mass is 10.1. The van der Waals surface area contributed by atoms with E-state index in [0.29, 0.717) is 21.9 Å². The molecule has 0 atom stereocenters. The molecule has 30 heavy (non-hydrogen) atoms. The quantitative estimate of drug-likeness (QED) is 0.558. The highest BCUT2D eigenvalue weighted by atomic mass is 32.2. The van der Waals surface area contributed by atoms with Gasteiger partial charge in [-0.1, -0.05) is 23.5 Å². The molecule has 0 bridgehead atoms. The van der Waals surface area contributed by atoms with Gasteiger partial charge in [0.2, 0.25) is 6.79 Å². The molecule has 1 aromatic heterocycles. The summed E-state index contributed by atoms with van der Waals surface area (Å²) < 4.78 is 37.1. The van der Waals surface area contributed by atoms with Crippen LogP contribution in [-0.2, 0) is 27.6 Å². The average molecular weight is 465 g/mol. The van der Waals surface area contributed by atoms with Crippen LogP contribution < -0.4 is 14.3 Å². The Balaban J connectivity index is 1.66. The lowest BCUT2D eigenvalue weighted by Crippen LogP contribution is -2.18. The molecule has 0 N–H and O–H groups in total. The molecule has 1 amide bonds. The summed E-state index contributed by atoms with van der Waals surface area (Å²) in [6.07, 6.45) is 3.29. The van der Waals surface area contributed by atoms with Crippen molar-refractivity contribution in [3.63, 3.8) is 0 Å². The zero-order valence-corrected chi connectivity index (χ0v) is 18.9. The number of thiazole rings is 1. The van der Waals surface area contributed by atoms with Crippen LogP contribution in [0, 0.1) is 0 Å². The highest BCUT2D eigenvalue weighted by molar-refractivity contribution is 7.98. The van der Waals surface area contributed by atoms with Crippen LogP contribution in [0.1, 0.15) is 5.56 Å². The maximum atomic E-state index is 12.6. The molecule has 7 nitrogen and oxygen atoms in total. The number of aryl methyl sites for hydroxylation is 1. The molecule has 1 aliphatic rings. The highest BCUT2D eigenvalue weighted by Crippen LogP contribution is 2.37. The van der Waals surface area contributed by atoms with Crippen LogP contribution in [0.4, 0.5) is 0 Å². The first-order chi connectivity index (χ1) is 14.3. The van der Waals surface area contributed by atoms with E-state index in [0.717, 1.165) is 28.8 Å². The van der Waals surface area contributed by atoms with E-state index in [9.17, 15) is 13.2 Å². The predicted octanol–water partition coefficient (Wildman–Crippen LogP) is 2.87. The summed E-state index contributed by atoms with van der Waals surface area (Å²) >= 11 is 3.16. The van der Waals surface area contributed by atoms with Crippen molar-refractivity contribution in [3.8, 4) is 11.5 Å². The monoisotopic (exact) mass is 464 g/mol. The average Bonchev–Trinajstić information content (AvgIpc) is 3.27. The number of ether oxygens (including phenoxy) is 2. The number of aromatic nitrogens is 1. The first-order valence-corrected chi connectivity index (χ1v) is 13.2. The summed E-state index contributed by atoms with van der Waals surface area (Å²) in [5.41, 5.74) is 1.68. The Bertz CT molecular complexity index is 1270. The molecule has 0 saturated carbocycles. The van der Waals surface area contributed by atoms with Gasteiger partial charge in [0.15, 0.2) is 26.1 Å². The van der Waals surface area contributed by atoms with Gasteiger partial charge in [0.05, 0.1) is 21.5 Å². The van der Waals surface area contributed by atoms with E-state index in [1.165, 1.54) is 23.5 Å². The summed E-state index contributed by atoms with van der Waals surface area (Å²) in [6, 6.07) is 10.2. The number of hydrogen-bond acceptors (Lipinski definition) is 7. The minimum absolute atomic E-state index is 0.101. The third-order valence-corrected chi connectivity index (χ3v) is 7.38. The van der Waals surface area contributed by atoms with Crippen LogP contribution in [0.15, 0.2) is 46.3 Å². The number of fused-ring (bicyclic) bond motifs is 2. The standard InChI is InChI=1S/C20H20N2O5S3/c1-28-8-7-22-15-10-16-17(27-12-26-16)11-18(15)29-20(22)21-19(23)9-13-3-5-14(6-4-13)30(2,24)25/h3-6,10-11H,7-9,12H2,1-2H3. The number of benzene rings is 2. The Labute approximate surface area is 182 Å². The van der Waals surface area contributed by atoms with Crippen molar-refractivity contribution in [2.24, 2.45) is 4.99 Å². The topological polar surface area (TPSA) is 87.0 Å². The molecule has 2 aromatic carbocycles. The van der Waals surface area contributed by atoms with Gasteiger partial charge < -0.3 is 14.0 Å². The van der Waals surface area contributed by atoms with Crippen molar-refractivity contribution in [1.82, 2.24) is 4.57 Å². The maximum absolute atomic E-state index is 12.6. The molecule has 10 heteroatoms. The van der Waals surface area contributed by atoms with Crippen LogP contribution in [-0.4, -0.2) is 43.9 Å². The molecule has 158 valence electrons. The predicted molar refractivity (Wildman–Crippen MR) is 118 cm³/mol. The SMILES string of the molecule is CSCCn1c(=NC(=O)Cc2ccc(S(C)(=O)=O)cc2)sc2cc3c(cc21)OCO3. The van der Waals surface area contributed by atoms with Crippen LogP contribution in [0.5, 0.6) is 11.5 Å². The van der Waals surface area contributed by atoms with Crippen LogP contribution >= 0.6 is 23.1 Å². The fourth-order valence-electron chi connectivity index (χ4n) is 3.12. The number of carbonyl (C=O) groups excluding carboxylic acids is 1.